The van der Waals surface area contributed by atoms with Crippen LogP contribution in [0.4, 0.5) is 10.2 Å². The van der Waals surface area contributed by atoms with Crippen molar-refractivity contribution < 1.29 is 22.0 Å². The Bertz CT molecular complexity index is 1160. The van der Waals surface area contributed by atoms with Crippen LogP contribution in [0, 0.1) is 5.82 Å². The first-order chi connectivity index (χ1) is 14.1. The van der Waals surface area contributed by atoms with E-state index in [1.165, 1.54) is 0 Å². The van der Waals surface area contributed by atoms with Crippen LogP contribution < -0.4 is 9.64 Å². The smallest absolute Gasteiger partial charge is 0.249 e. The summed E-state index contributed by atoms with van der Waals surface area (Å²) in [6.07, 6.45) is 0.982. The second-order valence-electron chi connectivity index (χ2n) is 9.24. The molecule has 1 aromatic carbocycles. The molecule has 7 nitrogen and oxygen atoms in total. The Morgan fingerprint density at radius 3 is 2.52 bits per heavy atom. The third-order valence-corrected chi connectivity index (χ3v) is 12.6. The number of likely N-dealkylation sites (N-methyl/N-ethyl adjacent to an activating group) is 1. The fourth-order valence-corrected chi connectivity index (χ4v) is 5.06. The van der Waals surface area contributed by atoms with Gasteiger partial charge in [0.05, 0.1) is 22.5 Å². The van der Waals surface area contributed by atoms with Gasteiger partial charge in [0, 0.05) is 13.3 Å². The lowest BCUT2D eigenvalue weighted by Gasteiger charge is -2.38. The zero-order valence-corrected chi connectivity index (χ0v) is 22.7. The van der Waals surface area contributed by atoms with Crippen LogP contribution in [0.2, 0.25) is 23.2 Å². The van der Waals surface area contributed by atoms with E-state index in [9.17, 15) is 8.42 Å². The van der Waals surface area contributed by atoms with Crippen LogP contribution in [0.25, 0.3) is 10.9 Å². The summed E-state index contributed by atoms with van der Waals surface area (Å²) in [5.41, 5.74) is -0.172. The molecule has 0 radical (unpaired) electrons. The van der Waals surface area contributed by atoms with E-state index in [1.807, 2.05) is 0 Å². The summed E-state index contributed by atoms with van der Waals surface area (Å²) in [6, 6.07) is -0.301. The van der Waals surface area contributed by atoms with E-state index in [1.54, 1.807) is 11.9 Å². The molecule has 1 atom stereocenters. The molecule has 0 bridgehead atoms. The quantitative estimate of drug-likeness (QED) is 0.305. The van der Waals surface area contributed by atoms with Crippen LogP contribution in [0.1, 0.15) is 20.8 Å². The third kappa shape index (κ3) is 4.44. The molecule has 0 fully saturated rings. The lowest BCUT2D eigenvalue weighted by atomic mass is 10.2. The minimum absolute atomic E-state index is 0.0169. The number of sulfone groups is 1. The molecule has 0 N–H and O–H groups in total. The van der Waals surface area contributed by atoms with Gasteiger partial charge in [-0.25, -0.2) is 22.8 Å². The molecular weight excluding hydrogens is 529 g/mol. The van der Waals surface area contributed by atoms with Gasteiger partial charge in [-0.1, -0.05) is 32.4 Å². The first kappa shape index (κ1) is 24.6. The van der Waals surface area contributed by atoms with Gasteiger partial charge < -0.3 is 14.1 Å². The van der Waals surface area contributed by atoms with Crippen molar-refractivity contribution in [3.05, 3.63) is 15.3 Å². The molecular formula is C19H26BrClFN3O4SSi. The maximum absolute atomic E-state index is 15.0. The molecule has 1 unspecified atom stereocenters. The zero-order valence-electron chi connectivity index (χ0n) is 18.5. The number of halogens is 3. The van der Waals surface area contributed by atoms with E-state index in [-0.39, 0.29) is 49.7 Å². The van der Waals surface area contributed by atoms with Crippen molar-refractivity contribution in [3.63, 3.8) is 0 Å². The van der Waals surface area contributed by atoms with Crippen molar-refractivity contribution >= 4 is 62.4 Å². The fourth-order valence-electron chi connectivity index (χ4n) is 2.91. The number of rotatable bonds is 4. The van der Waals surface area contributed by atoms with Gasteiger partial charge in [0.2, 0.25) is 15.0 Å². The maximum Gasteiger partial charge on any atom is 0.249 e. The SMILES string of the molecule is CN1c2nc(S(C)(=O)=O)nc3c(F)c(Br)c(Cl)c(c23)OCC1CO[Si](C)(C)C(C)(C)C. The summed E-state index contributed by atoms with van der Waals surface area (Å²) in [4.78, 5) is 9.99. The van der Waals surface area contributed by atoms with E-state index in [2.05, 4.69) is 59.8 Å². The minimum Gasteiger partial charge on any atom is -0.489 e. The molecule has 0 amide bonds. The Kier molecular flexibility index (Phi) is 6.42. The topological polar surface area (TPSA) is 81.6 Å². The summed E-state index contributed by atoms with van der Waals surface area (Å²) >= 11 is 9.48. The number of anilines is 1. The molecule has 0 aliphatic carbocycles. The highest BCUT2D eigenvalue weighted by Gasteiger charge is 2.39. The average molecular weight is 555 g/mol. The third-order valence-electron chi connectivity index (χ3n) is 5.97. The molecule has 2 aromatic rings. The Labute approximate surface area is 196 Å². The first-order valence-electron chi connectivity index (χ1n) is 9.64. The molecule has 3 rings (SSSR count). The highest BCUT2D eigenvalue weighted by Crippen LogP contribution is 2.46. The van der Waals surface area contributed by atoms with Gasteiger partial charge >= 0.3 is 0 Å². The summed E-state index contributed by atoms with van der Waals surface area (Å²) < 4.78 is 51.7. The second kappa shape index (κ2) is 8.09. The maximum atomic E-state index is 15.0. The number of benzene rings is 1. The van der Waals surface area contributed by atoms with Crippen LogP contribution in [-0.4, -0.2) is 59.3 Å². The summed E-state index contributed by atoms with van der Waals surface area (Å²) in [5.74, 6) is -0.331. The van der Waals surface area contributed by atoms with Crippen molar-refractivity contribution in [1.82, 2.24) is 9.97 Å². The molecule has 0 spiro atoms. The van der Waals surface area contributed by atoms with Crippen molar-refractivity contribution in [2.24, 2.45) is 0 Å². The first-order valence-corrected chi connectivity index (χ1v) is 15.6. The van der Waals surface area contributed by atoms with E-state index in [0.29, 0.717) is 6.61 Å². The van der Waals surface area contributed by atoms with Crippen molar-refractivity contribution in [2.75, 3.05) is 31.4 Å². The Morgan fingerprint density at radius 1 is 1.35 bits per heavy atom. The molecule has 31 heavy (non-hydrogen) atoms. The van der Waals surface area contributed by atoms with Gasteiger partial charge in [-0.05, 0) is 34.1 Å². The van der Waals surface area contributed by atoms with Crippen LogP contribution in [0.15, 0.2) is 9.63 Å². The molecule has 12 heteroatoms. The molecule has 172 valence electrons. The molecule has 2 heterocycles. The lowest BCUT2D eigenvalue weighted by Crippen LogP contribution is -2.47. The van der Waals surface area contributed by atoms with E-state index < -0.39 is 29.1 Å². The van der Waals surface area contributed by atoms with Crippen molar-refractivity contribution in [3.8, 4) is 5.75 Å². The van der Waals surface area contributed by atoms with E-state index in [4.69, 9.17) is 20.8 Å². The van der Waals surface area contributed by atoms with Gasteiger partial charge in [0.1, 0.15) is 23.0 Å². The van der Waals surface area contributed by atoms with E-state index >= 15 is 4.39 Å². The minimum atomic E-state index is -3.79. The normalized spacial score (nSPS) is 17.6. The second-order valence-corrected chi connectivity index (χ2v) is 17.1. The number of nitrogens with zero attached hydrogens (tertiary/aromatic N) is 3. The van der Waals surface area contributed by atoms with Gasteiger partial charge in [-0.2, -0.15) is 0 Å². The number of ether oxygens (including phenoxy) is 1. The van der Waals surface area contributed by atoms with E-state index in [0.717, 1.165) is 6.26 Å². The summed E-state index contributed by atoms with van der Waals surface area (Å²) in [5, 5.41) is -0.174. The largest absolute Gasteiger partial charge is 0.489 e. The van der Waals surface area contributed by atoms with Gasteiger partial charge in [-0.3, -0.25) is 0 Å². The average Bonchev–Trinajstić information content (AvgIpc) is 2.78. The predicted molar refractivity (Wildman–Crippen MR) is 126 cm³/mol. The van der Waals surface area contributed by atoms with Gasteiger partial charge in [0.25, 0.3) is 0 Å². The highest BCUT2D eigenvalue weighted by molar-refractivity contribution is 9.10. The number of hydrogen-bond acceptors (Lipinski definition) is 7. The van der Waals surface area contributed by atoms with Crippen molar-refractivity contribution in [2.45, 2.75) is 50.1 Å². The molecule has 1 aliphatic heterocycles. The monoisotopic (exact) mass is 553 g/mol. The number of aromatic nitrogens is 2. The highest BCUT2D eigenvalue weighted by atomic mass is 79.9. The van der Waals surface area contributed by atoms with Crippen LogP contribution >= 0.6 is 27.5 Å². The van der Waals surface area contributed by atoms with Gasteiger partial charge in [-0.15, -0.1) is 0 Å². The van der Waals surface area contributed by atoms with Crippen LogP contribution in [0.3, 0.4) is 0 Å². The molecule has 0 saturated heterocycles. The van der Waals surface area contributed by atoms with Crippen molar-refractivity contribution in [1.29, 1.82) is 0 Å². The predicted octanol–water partition coefficient (Wildman–Crippen LogP) is 4.81. The van der Waals surface area contributed by atoms with Gasteiger partial charge in [0.15, 0.2) is 19.9 Å². The zero-order chi connectivity index (χ0) is 23.5. The van der Waals surface area contributed by atoms with Crippen LogP contribution in [-0.2, 0) is 14.3 Å². The standard InChI is InChI=1S/C19H26BrClFN3O4SSi/c1-19(2,3)31(6,7)29-9-10-8-28-16-11-15(14(22)12(20)13(16)21)23-18(30(5,26)27)24-17(11)25(10)4/h10H,8-9H2,1-7H3. The summed E-state index contributed by atoms with van der Waals surface area (Å²) in [7, 11) is -4.09. The summed E-state index contributed by atoms with van der Waals surface area (Å²) in [6.45, 7) is 11.3. The molecule has 1 aromatic heterocycles. The Morgan fingerprint density at radius 2 is 1.97 bits per heavy atom. The molecule has 1 aliphatic rings. The fraction of sp³-hybridized carbons (Fsp3) is 0.579. The Hall–Kier alpha value is -1.01. The lowest BCUT2D eigenvalue weighted by molar-refractivity contribution is 0.208. The molecule has 0 saturated carbocycles. The Balaban J connectivity index is 2.16. The number of hydrogen-bond donors (Lipinski definition) is 0. The van der Waals surface area contributed by atoms with Crippen LogP contribution in [0.5, 0.6) is 5.75 Å².